The average Bonchev–Trinajstić information content (AvgIpc) is 2.69. The molecule has 1 fully saturated rings. The second-order valence-electron chi connectivity index (χ2n) is 3.82. The van der Waals surface area contributed by atoms with Crippen molar-refractivity contribution in [1.82, 2.24) is 19.3 Å². The minimum absolute atomic E-state index is 0.0673. The summed E-state index contributed by atoms with van der Waals surface area (Å²) in [5.41, 5.74) is 0. The van der Waals surface area contributed by atoms with Gasteiger partial charge in [0.2, 0.25) is 5.03 Å². The summed E-state index contributed by atoms with van der Waals surface area (Å²) in [4.78, 5) is 0. The van der Waals surface area contributed by atoms with Crippen LogP contribution in [0.1, 0.15) is 0 Å². The number of rotatable bonds is 3. The van der Waals surface area contributed by atoms with E-state index < -0.39 is 10.0 Å². The number of ether oxygens (including phenoxy) is 1. The summed E-state index contributed by atoms with van der Waals surface area (Å²) in [6.45, 7) is 1.05. The maximum Gasteiger partial charge on any atom is 0.263 e. The third-order valence-electron chi connectivity index (χ3n) is 2.59. The Hall–Kier alpha value is -0.0300. The van der Waals surface area contributed by atoms with Gasteiger partial charge in [0.1, 0.15) is 0 Å². The van der Waals surface area contributed by atoms with E-state index in [0.717, 1.165) is 0 Å². The lowest BCUT2D eigenvalue weighted by molar-refractivity contribution is 0.0135. The number of hydrogen-bond donors (Lipinski definition) is 0. The molecule has 1 saturated heterocycles. The van der Waals surface area contributed by atoms with Crippen molar-refractivity contribution in [3.63, 3.8) is 0 Å². The fourth-order valence-corrected chi connectivity index (χ4v) is 4.60. The van der Waals surface area contributed by atoms with Gasteiger partial charge in [-0.3, -0.25) is 0 Å². The van der Waals surface area contributed by atoms with E-state index in [9.17, 15) is 8.42 Å². The zero-order valence-corrected chi connectivity index (χ0v) is 13.6. The SMILES string of the molecule is Cn1nnc(Br)c1S(=O)(=O)N1CCOC(CBr)C1. The molecule has 0 bridgehead atoms. The van der Waals surface area contributed by atoms with Crippen molar-refractivity contribution in [3.05, 3.63) is 4.60 Å². The number of nitrogens with zero attached hydrogens (tertiary/aromatic N) is 4. The van der Waals surface area contributed by atoms with Crippen LogP contribution in [0.2, 0.25) is 0 Å². The number of halogens is 2. The molecule has 1 unspecified atom stereocenters. The smallest absolute Gasteiger partial charge is 0.263 e. The van der Waals surface area contributed by atoms with Crippen LogP contribution in [-0.2, 0) is 21.8 Å². The topological polar surface area (TPSA) is 77.3 Å². The van der Waals surface area contributed by atoms with Crippen LogP contribution in [0.5, 0.6) is 0 Å². The molecule has 0 amide bonds. The van der Waals surface area contributed by atoms with E-state index in [1.165, 1.54) is 8.99 Å². The summed E-state index contributed by atoms with van der Waals surface area (Å²) in [6, 6.07) is 0. The molecular formula is C8H12Br2N4O3S. The summed E-state index contributed by atoms with van der Waals surface area (Å²) in [7, 11) is -2.05. The molecule has 2 rings (SSSR count). The van der Waals surface area contributed by atoms with Crippen molar-refractivity contribution in [2.45, 2.75) is 11.1 Å². The number of sulfonamides is 1. The van der Waals surface area contributed by atoms with E-state index in [2.05, 4.69) is 42.2 Å². The van der Waals surface area contributed by atoms with Gasteiger partial charge in [0.15, 0.2) is 4.60 Å². The molecule has 1 atom stereocenters. The molecule has 0 aromatic carbocycles. The summed E-state index contributed by atoms with van der Waals surface area (Å²) < 4.78 is 33.3. The maximum absolute atomic E-state index is 12.5. The highest BCUT2D eigenvalue weighted by atomic mass is 79.9. The molecule has 0 aliphatic carbocycles. The second-order valence-corrected chi connectivity index (χ2v) is 7.07. The predicted octanol–water partition coefficient (Wildman–Crippen LogP) is 0.362. The van der Waals surface area contributed by atoms with Crippen LogP contribution in [-0.4, -0.2) is 58.8 Å². The van der Waals surface area contributed by atoms with Gasteiger partial charge >= 0.3 is 0 Å². The van der Waals surface area contributed by atoms with Crippen molar-refractivity contribution >= 4 is 41.9 Å². The number of morpholine rings is 1. The lowest BCUT2D eigenvalue weighted by Gasteiger charge is -2.31. The van der Waals surface area contributed by atoms with Crippen LogP contribution in [0.25, 0.3) is 0 Å². The molecule has 1 aromatic heterocycles. The van der Waals surface area contributed by atoms with Gasteiger partial charge in [-0.05, 0) is 15.9 Å². The number of aryl methyl sites for hydroxylation is 1. The fraction of sp³-hybridized carbons (Fsp3) is 0.750. The van der Waals surface area contributed by atoms with Crippen molar-refractivity contribution < 1.29 is 13.2 Å². The van der Waals surface area contributed by atoms with Crippen molar-refractivity contribution in [1.29, 1.82) is 0 Å². The zero-order valence-electron chi connectivity index (χ0n) is 9.58. The first kappa shape index (κ1) is 14.4. The van der Waals surface area contributed by atoms with Crippen LogP contribution in [0.15, 0.2) is 9.63 Å². The summed E-state index contributed by atoms with van der Waals surface area (Å²) >= 11 is 6.41. The highest BCUT2D eigenvalue weighted by Crippen LogP contribution is 2.24. The molecule has 1 aromatic rings. The Balaban J connectivity index is 2.31. The van der Waals surface area contributed by atoms with Gasteiger partial charge in [-0.25, -0.2) is 13.1 Å². The summed E-state index contributed by atoms with van der Waals surface area (Å²) in [6.07, 6.45) is -0.131. The minimum atomic E-state index is -3.60. The van der Waals surface area contributed by atoms with E-state index in [0.29, 0.717) is 25.0 Å². The molecule has 0 saturated carbocycles. The first-order chi connectivity index (χ1) is 8.46. The monoisotopic (exact) mass is 402 g/mol. The largest absolute Gasteiger partial charge is 0.375 e. The Labute approximate surface area is 122 Å². The standard InChI is InChI=1S/C8H12Br2N4O3S/c1-13-8(7(10)11-12-13)18(15,16)14-2-3-17-6(4-9)5-14/h6H,2-5H2,1H3. The Morgan fingerprint density at radius 2 is 2.28 bits per heavy atom. The number of hydrogen-bond acceptors (Lipinski definition) is 5. The molecular weight excluding hydrogens is 392 g/mol. The molecule has 102 valence electrons. The second kappa shape index (κ2) is 5.53. The molecule has 0 spiro atoms. The van der Waals surface area contributed by atoms with Crippen molar-refractivity contribution in [3.8, 4) is 0 Å². The first-order valence-corrected chi connectivity index (χ1v) is 8.55. The van der Waals surface area contributed by atoms with Crippen LogP contribution in [0.3, 0.4) is 0 Å². The molecule has 10 heteroatoms. The van der Waals surface area contributed by atoms with Gasteiger partial charge in [0, 0.05) is 25.5 Å². The van der Waals surface area contributed by atoms with E-state index >= 15 is 0 Å². The van der Waals surface area contributed by atoms with Crippen LogP contribution in [0.4, 0.5) is 0 Å². The van der Waals surface area contributed by atoms with Gasteiger partial charge in [0.05, 0.1) is 12.7 Å². The Morgan fingerprint density at radius 3 is 2.83 bits per heavy atom. The van der Waals surface area contributed by atoms with Gasteiger partial charge < -0.3 is 4.74 Å². The lowest BCUT2D eigenvalue weighted by atomic mass is 10.3. The zero-order chi connectivity index (χ0) is 13.3. The van der Waals surface area contributed by atoms with E-state index in [-0.39, 0.29) is 15.7 Å². The highest BCUT2D eigenvalue weighted by Gasteiger charge is 2.34. The molecule has 2 heterocycles. The first-order valence-electron chi connectivity index (χ1n) is 5.19. The van der Waals surface area contributed by atoms with Gasteiger partial charge in [0.25, 0.3) is 10.0 Å². The lowest BCUT2D eigenvalue weighted by Crippen LogP contribution is -2.46. The third-order valence-corrected chi connectivity index (χ3v) is 6.07. The minimum Gasteiger partial charge on any atom is -0.375 e. The van der Waals surface area contributed by atoms with E-state index in [1.807, 2.05) is 0 Å². The molecule has 1 aliphatic heterocycles. The quantitative estimate of drug-likeness (QED) is 0.681. The average molecular weight is 404 g/mol. The predicted molar refractivity (Wildman–Crippen MR) is 71.0 cm³/mol. The highest BCUT2D eigenvalue weighted by molar-refractivity contribution is 9.10. The Kier molecular flexibility index (Phi) is 4.42. The third kappa shape index (κ3) is 2.62. The summed E-state index contributed by atoms with van der Waals surface area (Å²) in [5, 5.41) is 8.06. The normalized spacial score (nSPS) is 22.3. The molecule has 1 aliphatic rings. The van der Waals surface area contributed by atoms with Gasteiger partial charge in [-0.2, -0.15) is 4.31 Å². The van der Waals surface area contributed by atoms with Crippen molar-refractivity contribution in [2.75, 3.05) is 25.0 Å². The van der Waals surface area contributed by atoms with Crippen molar-refractivity contribution in [2.24, 2.45) is 7.05 Å². The van der Waals surface area contributed by atoms with Crippen LogP contribution < -0.4 is 0 Å². The van der Waals surface area contributed by atoms with Crippen LogP contribution >= 0.6 is 31.9 Å². The Bertz CT molecular complexity index is 513. The van der Waals surface area contributed by atoms with Gasteiger partial charge in [-0.15, -0.1) is 5.10 Å². The maximum atomic E-state index is 12.5. The molecule has 7 nitrogen and oxygen atoms in total. The fourth-order valence-electron chi connectivity index (χ4n) is 1.72. The van der Waals surface area contributed by atoms with E-state index in [4.69, 9.17) is 4.74 Å². The molecule has 0 N–H and O–H groups in total. The Morgan fingerprint density at radius 1 is 1.56 bits per heavy atom. The van der Waals surface area contributed by atoms with Gasteiger partial charge in [-0.1, -0.05) is 21.1 Å². The van der Waals surface area contributed by atoms with E-state index in [1.54, 1.807) is 7.05 Å². The molecule has 18 heavy (non-hydrogen) atoms. The number of aromatic nitrogens is 3. The van der Waals surface area contributed by atoms with Crippen LogP contribution in [0, 0.1) is 0 Å². The molecule has 0 radical (unpaired) electrons. The summed E-state index contributed by atoms with van der Waals surface area (Å²) in [5.74, 6) is 0. The number of alkyl halides is 1.